The summed E-state index contributed by atoms with van der Waals surface area (Å²) in [6.07, 6.45) is 9.37. The van der Waals surface area contributed by atoms with Crippen molar-refractivity contribution in [2.45, 2.75) is 129 Å². The summed E-state index contributed by atoms with van der Waals surface area (Å²) in [6, 6.07) is 10.6. The van der Waals surface area contributed by atoms with Crippen LogP contribution in [-0.2, 0) is 25.5 Å². The molecule has 4 aliphatic rings. The van der Waals surface area contributed by atoms with Crippen LogP contribution < -0.4 is 0 Å². The van der Waals surface area contributed by atoms with Gasteiger partial charge in [-0.25, -0.2) is 4.79 Å². The Hall–Kier alpha value is -2.62. The van der Waals surface area contributed by atoms with E-state index in [0.717, 1.165) is 44.1 Å². The van der Waals surface area contributed by atoms with Gasteiger partial charge in [0.25, 0.3) is 0 Å². The van der Waals surface area contributed by atoms with E-state index in [1.54, 1.807) is 0 Å². The van der Waals surface area contributed by atoms with Crippen LogP contribution in [0.4, 0.5) is 0 Å². The highest BCUT2D eigenvalue weighted by molar-refractivity contribution is 5.85. The first-order chi connectivity index (χ1) is 20.9. The molecule has 2 fully saturated rings. The second kappa shape index (κ2) is 13.0. The highest BCUT2D eigenvalue weighted by atomic mass is 16.5. The summed E-state index contributed by atoms with van der Waals surface area (Å²) >= 11 is 0. The van der Waals surface area contributed by atoms with Crippen molar-refractivity contribution in [2.75, 3.05) is 6.61 Å². The largest absolute Gasteiger partial charge is 0.462 e. The summed E-state index contributed by atoms with van der Waals surface area (Å²) in [6.45, 7) is 8.98. The van der Waals surface area contributed by atoms with E-state index in [2.05, 4.69) is 62.9 Å². The molecular weight excluding hydrogens is 552 g/mol. The molecule has 44 heavy (non-hydrogen) atoms. The summed E-state index contributed by atoms with van der Waals surface area (Å²) in [5.41, 5.74) is -1.25. The van der Waals surface area contributed by atoms with E-state index in [1.165, 1.54) is 11.6 Å². The van der Waals surface area contributed by atoms with E-state index in [1.807, 2.05) is 6.92 Å². The van der Waals surface area contributed by atoms with E-state index in [0.29, 0.717) is 44.4 Å². The van der Waals surface area contributed by atoms with Crippen LogP contribution in [0.2, 0.25) is 0 Å². The molecule has 0 aromatic heterocycles. The van der Waals surface area contributed by atoms with Gasteiger partial charge in [-0.15, -0.1) is 5.92 Å². The molecule has 0 radical (unpaired) electrons. The van der Waals surface area contributed by atoms with Gasteiger partial charge >= 0.3 is 11.9 Å². The SMILES string of the molecule is CC(CCCc1ccccc1)CCCC12C(O)CCC(C)(C)C1C1CC(C)(C#CCCC(=O)O1)C2(O)CCC1=CC(=O)OC1. The first kappa shape index (κ1) is 32.8. The summed E-state index contributed by atoms with van der Waals surface area (Å²) < 4.78 is 11.5. The quantitative estimate of drug-likeness (QED) is 0.215. The Morgan fingerprint density at radius 3 is 2.52 bits per heavy atom. The second-order valence-corrected chi connectivity index (χ2v) is 15.1. The summed E-state index contributed by atoms with van der Waals surface area (Å²) in [7, 11) is 0. The molecule has 6 heteroatoms. The minimum absolute atomic E-state index is 0.230. The van der Waals surface area contributed by atoms with Gasteiger partial charge in [0.1, 0.15) is 12.7 Å². The van der Waals surface area contributed by atoms with Gasteiger partial charge in [-0.1, -0.05) is 76.3 Å². The molecule has 0 saturated heterocycles. The first-order valence-corrected chi connectivity index (χ1v) is 16.9. The molecule has 2 heterocycles. The number of aryl methyl sites for hydroxylation is 1. The predicted octanol–water partition coefficient (Wildman–Crippen LogP) is 6.71. The lowest BCUT2D eigenvalue weighted by Crippen LogP contribution is -2.75. The Morgan fingerprint density at radius 2 is 1.80 bits per heavy atom. The normalized spacial score (nSPS) is 35.0. The molecule has 2 aliphatic heterocycles. The summed E-state index contributed by atoms with van der Waals surface area (Å²) in [5, 5.41) is 25.6. The van der Waals surface area contributed by atoms with Crippen LogP contribution >= 0.6 is 0 Å². The molecule has 2 N–H and O–H groups in total. The number of carbonyl (C=O) groups is 2. The number of carbonyl (C=O) groups excluding carboxylic acids is 2. The highest BCUT2D eigenvalue weighted by Crippen LogP contribution is 2.69. The molecule has 7 unspecified atom stereocenters. The molecule has 240 valence electrons. The van der Waals surface area contributed by atoms with Gasteiger partial charge < -0.3 is 19.7 Å². The van der Waals surface area contributed by atoms with Crippen molar-refractivity contribution in [1.82, 2.24) is 0 Å². The lowest BCUT2D eigenvalue weighted by Gasteiger charge is -2.69. The van der Waals surface area contributed by atoms with Crippen LogP contribution in [0, 0.1) is 39.9 Å². The molecule has 2 bridgehead atoms. The van der Waals surface area contributed by atoms with Gasteiger partial charge in [-0.05, 0) is 74.3 Å². The molecule has 2 saturated carbocycles. The average Bonchev–Trinajstić information content (AvgIpc) is 3.42. The third kappa shape index (κ3) is 6.24. The number of benzene rings is 1. The Morgan fingerprint density at radius 1 is 1.05 bits per heavy atom. The molecule has 2 aliphatic carbocycles. The number of aliphatic hydroxyl groups is 2. The zero-order valence-electron chi connectivity index (χ0n) is 27.2. The monoisotopic (exact) mass is 604 g/mol. The number of aliphatic hydroxyl groups excluding tert-OH is 1. The van der Waals surface area contributed by atoms with Gasteiger partial charge in [-0.3, -0.25) is 4.79 Å². The van der Waals surface area contributed by atoms with Crippen molar-refractivity contribution in [3.05, 3.63) is 47.5 Å². The minimum Gasteiger partial charge on any atom is -0.462 e. The zero-order valence-corrected chi connectivity index (χ0v) is 27.2. The van der Waals surface area contributed by atoms with Crippen LogP contribution in [0.5, 0.6) is 0 Å². The fourth-order valence-electron chi connectivity index (χ4n) is 9.43. The molecule has 7 atom stereocenters. The molecule has 5 rings (SSSR count). The maximum Gasteiger partial charge on any atom is 0.331 e. The number of hydrogen-bond acceptors (Lipinski definition) is 6. The van der Waals surface area contributed by atoms with Crippen molar-refractivity contribution in [3.8, 4) is 11.8 Å². The number of ether oxygens (including phenoxy) is 2. The van der Waals surface area contributed by atoms with E-state index in [9.17, 15) is 19.8 Å². The van der Waals surface area contributed by atoms with Gasteiger partial charge in [0, 0.05) is 30.3 Å². The number of cyclic esters (lactones) is 1. The van der Waals surface area contributed by atoms with Gasteiger partial charge in [0.15, 0.2) is 0 Å². The zero-order chi connectivity index (χ0) is 31.6. The highest BCUT2D eigenvalue weighted by Gasteiger charge is 2.74. The van der Waals surface area contributed by atoms with Gasteiger partial charge in [0.2, 0.25) is 0 Å². The predicted molar refractivity (Wildman–Crippen MR) is 170 cm³/mol. The Bertz CT molecular complexity index is 1290. The van der Waals surface area contributed by atoms with E-state index >= 15 is 0 Å². The lowest BCUT2D eigenvalue weighted by molar-refractivity contribution is -0.305. The Balaban J connectivity index is 1.47. The summed E-state index contributed by atoms with van der Waals surface area (Å²) in [4.78, 5) is 24.9. The van der Waals surface area contributed by atoms with E-state index < -0.39 is 28.6 Å². The fraction of sp³-hybridized carbons (Fsp3) is 0.684. The number of fused-ring (bicyclic) bond motifs is 4. The van der Waals surface area contributed by atoms with Crippen molar-refractivity contribution in [1.29, 1.82) is 0 Å². The van der Waals surface area contributed by atoms with Crippen LogP contribution in [-0.4, -0.2) is 46.6 Å². The third-order valence-electron chi connectivity index (χ3n) is 11.6. The molecule has 1 aromatic carbocycles. The van der Waals surface area contributed by atoms with Crippen molar-refractivity contribution in [2.24, 2.45) is 28.1 Å². The maximum absolute atomic E-state index is 13.4. The summed E-state index contributed by atoms with van der Waals surface area (Å²) in [5.74, 6) is 6.35. The van der Waals surface area contributed by atoms with Crippen molar-refractivity contribution < 1.29 is 29.3 Å². The second-order valence-electron chi connectivity index (χ2n) is 15.1. The Labute approximate surface area is 264 Å². The number of rotatable bonds is 11. The lowest BCUT2D eigenvalue weighted by atomic mass is 9.37. The minimum atomic E-state index is -1.37. The van der Waals surface area contributed by atoms with Crippen molar-refractivity contribution >= 4 is 11.9 Å². The van der Waals surface area contributed by atoms with Crippen molar-refractivity contribution in [3.63, 3.8) is 0 Å². The Kier molecular flexibility index (Phi) is 9.69. The number of hydrogen-bond donors (Lipinski definition) is 2. The topological polar surface area (TPSA) is 93.1 Å². The molecule has 1 aromatic rings. The van der Waals surface area contributed by atoms with E-state index in [-0.39, 0.29) is 36.3 Å². The number of esters is 2. The average molecular weight is 605 g/mol. The van der Waals surface area contributed by atoms with Gasteiger partial charge in [0.05, 0.1) is 23.5 Å². The molecule has 6 nitrogen and oxygen atoms in total. The van der Waals surface area contributed by atoms with E-state index in [4.69, 9.17) is 9.47 Å². The smallest absolute Gasteiger partial charge is 0.331 e. The van der Waals surface area contributed by atoms with Crippen LogP contribution in [0.1, 0.15) is 110 Å². The first-order valence-electron chi connectivity index (χ1n) is 16.9. The molecular formula is C38H52O6. The van der Waals surface area contributed by atoms with Gasteiger partial charge in [-0.2, -0.15) is 0 Å². The van der Waals surface area contributed by atoms with Crippen LogP contribution in [0.3, 0.4) is 0 Å². The molecule has 0 amide bonds. The molecule has 0 spiro atoms. The van der Waals surface area contributed by atoms with Crippen LogP contribution in [0.25, 0.3) is 0 Å². The maximum atomic E-state index is 13.4. The van der Waals surface area contributed by atoms with Crippen LogP contribution in [0.15, 0.2) is 42.0 Å². The fourth-order valence-corrected chi connectivity index (χ4v) is 9.43. The third-order valence-corrected chi connectivity index (χ3v) is 11.6. The standard InChI is InChI=1S/C38H52O6/c1-27(12-10-16-28-14-6-5-7-15-28)13-11-21-37-31(39)19-22-35(2,3)34(37)30-25-36(4,20-9-8-17-32(40)44-30)38(37,42)23-18-29-24-33(41)43-26-29/h5-7,14-15,24,27,30-31,34,39,42H,8,10-13,16-19,21-23,25-26H2,1-4H3.